The largest absolute Gasteiger partial charge is 0.391 e. The van der Waals surface area contributed by atoms with Crippen molar-refractivity contribution in [2.75, 3.05) is 33.8 Å². The van der Waals surface area contributed by atoms with Crippen molar-refractivity contribution in [2.24, 2.45) is 23.7 Å². The van der Waals surface area contributed by atoms with E-state index in [2.05, 4.69) is 72.8 Å². The fourth-order valence-corrected chi connectivity index (χ4v) is 10.3. The van der Waals surface area contributed by atoms with Crippen molar-refractivity contribution in [1.29, 1.82) is 0 Å². The van der Waals surface area contributed by atoms with Gasteiger partial charge in [-0.2, -0.15) is 0 Å². The normalized spacial score (nSPS) is 39.8. The number of hydrogen-bond donors (Lipinski definition) is 3. The molecule has 0 radical (unpaired) electrons. The average Bonchev–Trinajstić information content (AvgIpc) is 3.18. The van der Waals surface area contributed by atoms with Crippen molar-refractivity contribution in [1.82, 2.24) is 9.80 Å². The second-order valence-corrected chi connectivity index (χ2v) is 19.1. The molecule has 59 heavy (non-hydrogen) atoms. The lowest BCUT2D eigenvalue weighted by Gasteiger charge is -2.48. The molecule has 3 N–H and O–H groups in total. The number of carbonyl (C=O) groups is 1. The Kier molecular flexibility index (Phi) is 16.4. The predicted molar refractivity (Wildman–Crippen MR) is 232 cm³/mol. The molecule has 0 saturated carbocycles. The molecule has 0 spiro atoms. The van der Waals surface area contributed by atoms with Crippen LogP contribution in [0.3, 0.4) is 0 Å². The van der Waals surface area contributed by atoms with Crippen molar-refractivity contribution >= 4 is 16.6 Å². The van der Waals surface area contributed by atoms with Gasteiger partial charge in [0, 0.05) is 56.8 Å². The maximum absolute atomic E-state index is 14.7. The number of aliphatic hydroxyl groups excluding tert-OH is 2. The molecule has 0 amide bonds. The summed E-state index contributed by atoms with van der Waals surface area (Å²) >= 11 is 0. The lowest BCUT2D eigenvalue weighted by molar-refractivity contribution is -0.305. The molecule has 3 heterocycles. The van der Waals surface area contributed by atoms with Crippen LogP contribution in [0.2, 0.25) is 0 Å². The molecule has 3 aliphatic heterocycles. The summed E-state index contributed by atoms with van der Waals surface area (Å²) in [6.45, 7) is 24.4. The smallest absolute Gasteiger partial charge is 0.162 e. The molecule has 3 saturated heterocycles. The number of carbonyl (C=O) groups excluding carboxylic acids is 1. The molecule has 2 aromatic rings. The van der Waals surface area contributed by atoms with Gasteiger partial charge in [-0.15, -0.1) is 0 Å². The van der Waals surface area contributed by atoms with E-state index in [0.717, 1.165) is 31.5 Å². The summed E-state index contributed by atoms with van der Waals surface area (Å²) in [5.74, 6) is -2.13. The highest BCUT2D eigenvalue weighted by atomic mass is 16.7. The average molecular weight is 825 g/mol. The fourth-order valence-electron chi connectivity index (χ4n) is 10.3. The summed E-state index contributed by atoms with van der Waals surface area (Å²) < 4.78 is 32.0. The van der Waals surface area contributed by atoms with E-state index in [1.807, 2.05) is 48.5 Å². The SMILES string of the molecule is C=C1CC(C)OC(O[C@@H]2[C@@H](C)[C@H](O[C@H]3C[C@@](C)(OC)[C@@H](O)C(C)O3)C(C)C(=O)[C@H](C)C(O)C(C)N(CCCN(C)Cc3cccc4ccccc34)C[C@H](C)C[C@@]2(C)O)C1. The molecule has 5 rings (SSSR count). The van der Waals surface area contributed by atoms with Crippen molar-refractivity contribution in [2.45, 2.75) is 167 Å². The van der Waals surface area contributed by atoms with Crippen LogP contribution in [-0.4, -0.2) is 131 Å². The number of benzene rings is 2. The maximum atomic E-state index is 14.7. The van der Waals surface area contributed by atoms with Gasteiger partial charge in [-0.1, -0.05) is 82.3 Å². The number of Topliss-reactive ketones (excluding diaryl/α,β-unsaturated/α-hetero) is 1. The first kappa shape index (κ1) is 47.8. The Morgan fingerprint density at radius 1 is 0.915 bits per heavy atom. The van der Waals surface area contributed by atoms with Crippen LogP contribution in [0.1, 0.15) is 100.0 Å². The number of nitrogens with zero attached hydrogens (tertiary/aromatic N) is 2. The Morgan fingerprint density at radius 2 is 1.61 bits per heavy atom. The predicted octanol–water partition coefficient (Wildman–Crippen LogP) is 6.73. The third-order valence-electron chi connectivity index (χ3n) is 13.7. The summed E-state index contributed by atoms with van der Waals surface area (Å²) in [6.07, 6.45) is -2.89. The number of hydrogen-bond acceptors (Lipinski definition) is 11. The van der Waals surface area contributed by atoms with Crippen molar-refractivity contribution < 1.29 is 43.8 Å². The Balaban J connectivity index is 1.42. The highest BCUT2D eigenvalue weighted by Gasteiger charge is 2.51. The van der Waals surface area contributed by atoms with Gasteiger partial charge < -0.3 is 43.9 Å². The van der Waals surface area contributed by atoms with Crippen molar-refractivity contribution in [3.63, 3.8) is 0 Å². The standard InChI is InChI=1S/C48H76N2O9/c1-29-23-31(3)56-40(24-29)59-46-34(6)44(58-41-26-48(10,55-12)45(53)36(8)57-41)33(5)42(51)32(4)43(52)35(7)50(27-30(2)25-47(46,9)54)22-16-21-49(11)28-38-19-15-18-37-17-13-14-20-39(37)38/h13-15,17-20,30-36,40-41,43-46,52-54H,1,16,21-28H2,2-12H3/t30-,31?,32+,33?,34+,35?,36?,40?,41+,43?,44-,45+,46-,47-,48-/m1/s1. The zero-order valence-electron chi connectivity index (χ0n) is 37.8. The highest BCUT2D eigenvalue weighted by Crippen LogP contribution is 2.40. The lowest BCUT2D eigenvalue weighted by Crippen LogP contribution is -2.58. The second kappa shape index (κ2) is 20.3. The van der Waals surface area contributed by atoms with E-state index in [0.29, 0.717) is 25.9 Å². The summed E-state index contributed by atoms with van der Waals surface area (Å²) in [5, 5.41) is 38.2. The molecule has 15 atom stereocenters. The van der Waals surface area contributed by atoms with E-state index < -0.39 is 72.1 Å². The minimum atomic E-state index is -1.38. The van der Waals surface area contributed by atoms with Gasteiger partial charge in [0.05, 0.1) is 41.7 Å². The van der Waals surface area contributed by atoms with Crippen LogP contribution in [0.25, 0.3) is 10.8 Å². The van der Waals surface area contributed by atoms with Gasteiger partial charge in [0.2, 0.25) is 0 Å². The topological polar surface area (TPSA) is 130 Å². The number of ether oxygens (including phenoxy) is 5. The van der Waals surface area contributed by atoms with Crippen molar-refractivity contribution in [3.05, 3.63) is 60.2 Å². The van der Waals surface area contributed by atoms with Crippen LogP contribution < -0.4 is 0 Å². The first-order valence-corrected chi connectivity index (χ1v) is 22.1. The van der Waals surface area contributed by atoms with E-state index in [1.165, 1.54) is 16.3 Å². The molecule has 3 fully saturated rings. The van der Waals surface area contributed by atoms with E-state index in [-0.39, 0.29) is 30.3 Å². The third-order valence-corrected chi connectivity index (χ3v) is 13.7. The molecule has 11 heteroatoms. The van der Waals surface area contributed by atoms with Crippen LogP contribution in [0.5, 0.6) is 0 Å². The number of ketones is 1. The van der Waals surface area contributed by atoms with Gasteiger partial charge in [0.15, 0.2) is 12.6 Å². The van der Waals surface area contributed by atoms with Crippen LogP contribution >= 0.6 is 0 Å². The summed E-state index contributed by atoms with van der Waals surface area (Å²) in [6, 6.07) is 14.6. The fraction of sp³-hybridized carbons (Fsp3) is 0.729. The monoisotopic (exact) mass is 825 g/mol. The van der Waals surface area contributed by atoms with E-state index >= 15 is 0 Å². The van der Waals surface area contributed by atoms with E-state index in [1.54, 1.807) is 14.0 Å². The van der Waals surface area contributed by atoms with Crippen LogP contribution in [0.4, 0.5) is 0 Å². The lowest BCUT2D eigenvalue weighted by atomic mass is 9.75. The zero-order chi connectivity index (χ0) is 43.4. The van der Waals surface area contributed by atoms with Gasteiger partial charge in [-0.3, -0.25) is 9.69 Å². The zero-order valence-corrected chi connectivity index (χ0v) is 37.8. The molecule has 332 valence electrons. The Hall–Kier alpha value is -2.29. The van der Waals surface area contributed by atoms with Gasteiger partial charge in [-0.05, 0) is 96.3 Å². The summed E-state index contributed by atoms with van der Waals surface area (Å²) in [4.78, 5) is 19.3. The number of aliphatic hydroxyl groups is 3. The number of fused-ring (bicyclic) bond motifs is 1. The second-order valence-electron chi connectivity index (χ2n) is 19.1. The van der Waals surface area contributed by atoms with Crippen molar-refractivity contribution in [3.8, 4) is 0 Å². The minimum absolute atomic E-state index is 0.0116. The molecule has 0 bridgehead atoms. The molecule has 6 unspecified atom stereocenters. The minimum Gasteiger partial charge on any atom is -0.391 e. The first-order chi connectivity index (χ1) is 27.7. The van der Waals surface area contributed by atoms with Crippen LogP contribution in [0.15, 0.2) is 54.6 Å². The third kappa shape index (κ3) is 11.6. The Morgan fingerprint density at radius 3 is 2.31 bits per heavy atom. The molecule has 3 aliphatic rings. The Labute approximate surface area is 354 Å². The quantitative estimate of drug-likeness (QED) is 0.209. The molecular formula is C48H76N2O9. The molecule has 0 aromatic heterocycles. The van der Waals surface area contributed by atoms with Gasteiger partial charge in [0.1, 0.15) is 11.9 Å². The maximum Gasteiger partial charge on any atom is 0.162 e. The summed E-state index contributed by atoms with van der Waals surface area (Å²) in [7, 11) is 3.70. The molecule has 0 aliphatic carbocycles. The number of rotatable bonds is 11. The van der Waals surface area contributed by atoms with E-state index in [4.69, 9.17) is 23.7 Å². The van der Waals surface area contributed by atoms with Gasteiger partial charge in [0.25, 0.3) is 0 Å². The Bertz CT molecular complexity index is 1680. The molecular weight excluding hydrogens is 749 g/mol. The summed E-state index contributed by atoms with van der Waals surface area (Å²) in [5.41, 5.74) is -0.0149. The molecule has 2 aromatic carbocycles. The van der Waals surface area contributed by atoms with E-state index in [9.17, 15) is 20.1 Å². The van der Waals surface area contributed by atoms with Crippen LogP contribution in [-0.2, 0) is 35.0 Å². The highest BCUT2D eigenvalue weighted by molar-refractivity contribution is 5.85. The number of methoxy groups -OCH3 is 1. The van der Waals surface area contributed by atoms with Crippen LogP contribution in [0, 0.1) is 23.7 Å². The van der Waals surface area contributed by atoms with Gasteiger partial charge >= 0.3 is 0 Å². The molecule has 11 nitrogen and oxygen atoms in total. The first-order valence-electron chi connectivity index (χ1n) is 22.1. The van der Waals surface area contributed by atoms with Gasteiger partial charge in [-0.25, -0.2) is 0 Å².